The highest BCUT2D eigenvalue weighted by atomic mass is 16.4. The number of carboxylic acid groups (broad SMARTS) is 1. The minimum atomic E-state index is -0.917. The van der Waals surface area contributed by atoms with E-state index in [2.05, 4.69) is 0 Å². The van der Waals surface area contributed by atoms with Gasteiger partial charge in [0.15, 0.2) is 0 Å². The maximum atomic E-state index is 12.1. The maximum Gasteiger partial charge on any atom is 0.323 e. The first-order valence-corrected chi connectivity index (χ1v) is 5.95. The molecule has 4 heteroatoms. The van der Waals surface area contributed by atoms with Crippen molar-refractivity contribution in [3.8, 4) is 0 Å². The third kappa shape index (κ3) is 2.20. The number of carboxylic acids is 1. The summed E-state index contributed by atoms with van der Waals surface area (Å²) in [5.74, 6) is -0.407. The monoisotopic (exact) mass is 225 g/mol. The Bertz CT molecular complexity index is 320. The van der Waals surface area contributed by atoms with E-state index in [-0.39, 0.29) is 18.4 Å². The molecule has 0 aromatic heterocycles. The molecule has 2 aliphatic carbocycles. The molecule has 0 aromatic carbocycles. The topological polar surface area (TPSA) is 57.6 Å². The Labute approximate surface area is 95.6 Å². The number of hydrogen-bond donors (Lipinski definition) is 1. The Morgan fingerprint density at radius 2 is 2.06 bits per heavy atom. The maximum absolute atomic E-state index is 12.1. The molecule has 0 aliphatic heterocycles. The van der Waals surface area contributed by atoms with Crippen molar-refractivity contribution in [2.75, 3.05) is 13.1 Å². The van der Waals surface area contributed by atoms with E-state index in [1.165, 1.54) is 4.90 Å². The molecule has 2 saturated carbocycles. The normalized spacial score (nSPS) is 24.6. The lowest BCUT2D eigenvalue weighted by Crippen LogP contribution is -2.39. The van der Waals surface area contributed by atoms with Crippen LogP contribution in [0.25, 0.3) is 0 Å². The Balaban J connectivity index is 1.94. The molecule has 2 fully saturated rings. The third-order valence-corrected chi connectivity index (χ3v) is 3.60. The van der Waals surface area contributed by atoms with Crippen LogP contribution < -0.4 is 0 Å². The van der Waals surface area contributed by atoms with Crippen molar-refractivity contribution in [2.45, 2.75) is 33.1 Å². The summed E-state index contributed by atoms with van der Waals surface area (Å²) in [6.07, 6.45) is 3.30. The second kappa shape index (κ2) is 3.75. The molecule has 0 aromatic rings. The van der Waals surface area contributed by atoms with Gasteiger partial charge in [-0.1, -0.05) is 13.8 Å². The van der Waals surface area contributed by atoms with Gasteiger partial charge in [-0.2, -0.15) is 0 Å². The molecule has 1 unspecified atom stereocenters. The van der Waals surface area contributed by atoms with Gasteiger partial charge in [0.25, 0.3) is 0 Å². The second-order valence-corrected chi connectivity index (χ2v) is 5.63. The van der Waals surface area contributed by atoms with Gasteiger partial charge in [0, 0.05) is 12.5 Å². The van der Waals surface area contributed by atoms with E-state index < -0.39 is 5.97 Å². The largest absolute Gasteiger partial charge is 0.480 e. The molecule has 16 heavy (non-hydrogen) atoms. The average Bonchev–Trinajstić information content (AvgIpc) is 3.04. The van der Waals surface area contributed by atoms with Gasteiger partial charge in [0.1, 0.15) is 6.54 Å². The summed E-state index contributed by atoms with van der Waals surface area (Å²) < 4.78 is 0. The first-order valence-electron chi connectivity index (χ1n) is 5.95. The highest BCUT2D eigenvalue weighted by Gasteiger charge is 2.66. The van der Waals surface area contributed by atoms with Gasteiger partial charge in [-0.3, -0.25) is 9.59 Å². The molecule has 90 valence electrons. The fourth-order valence-corrected chi connectivity index (χ4v) is 2.47. The summed E-state index contributed by atoms with van der Waals surface area (Å²) >= 11 is 0. The van der Waals surface area contributed by atoms with Gasteiger partial charge >= 0.3 is 5.97 Å². The van der Waals surface area contributed by atoms with Gasteiger partial charge in [0.05, 0.1) is 0 Å². The summed E-state index contributed by atoms with van der Waals surface area (Å²) in [6.45, 7) is 4.41. The summed E-state index contributed by atoms with van der Waals surface area (Å²) in [4.78, 5) is 24.3. The highest BCUT2D eigenvalue weighted by Crippen LogP contribution is 2.70. The minimum absolute atomic E-state index is 0.0635. The molecule has 1 atom stereocenters. The van der Waals surface area contributed by atoms with Crippen LogP contribution >= 0.6 is 0 Å². The highest BCUT2D eigenvalue weighted by molar-refractivity contribution is 5.86. The zero-order valence-corrected chi connectivity index (χ0v) is 9.90. The molecule has 0 saturated heterocycles. The Morgan fingerprint density at radius 1 is 1.44 bits per heavy atom. The molecule has 2 rings (SSSR count). The van der Waals surface area contributed by atoms with Crippen molar-refractivity contribution in [2.24, 2.45) is 17.3 Å². The van der Waals surface area contributed by atoms with E-state index in [0.717, 1.165) is 19.3 Å². The van der Waals surface area contributed by atoms with E-state index in [9.17, 15) is 9.59 Å². The predicted octanol–water partition coefficient (Wildman–Crippen LogP) is 1.36. The summed E-state index contributed by atoms with van der Waals surface area (Å²) in [6, 6.07) is 0. The van der Waals surface area contributed by atoms with Crippen LogP contribution in [0.3, 0.4) is 0 Å². The smallest absolute Gasteiger partial charge is 0.323 e. The summed E-state index contributed by atoms with van der Waals surface area (Å²) in [7, 11) is 0. The quantitative estimate of drug-likeness (QED) is 0.768. The fraction of sp³-hybridized carbons (Fsp3) is 0.833. The number of carbonyl (C=O) groups is 2. The third-order valence-electron chi connectivity index (χ3n) is 3.60. The molecular formula is C12H19NO3. The van der Waals surface area contributed by atoms with Crippen molar-refractivity contribution < 1.29 is 14.7 Å². The fourth-order valence-electron chi connectivity index (χ4n) is 2.47. The van der Waals surface area contributed by atoms with Crippen molar-refractivity contribution >= 4 is 11.9 Å². The molecule has 1 amide bonds. The molecule has 1 N–H and O–H groups in total. The lowest BCUT2D eigenvalue weighted by Gasteiger charge is -2.22. The minimum Gasteiger partial charge on any atom is -0.480 e. The number of carbonyl (C=O) groups excluding carboxylic acids is 1. The molecule has 0 radical (unpaired) electrons. The van der Waals surface area contributed by atoms with Gasteiger partial charge in [-0.25, -0.2) is 0 Å². The summed E-state index contributed by atoms with van der Waals surface area (Å²) in [5, 5.41) is 8.80. The first kappa shape index (κ1) is 11.4. The Kier molecular flexibility index (Phi) is 2.68. The predicted molar refractivity (Wildman–Crippen MR) is 58.8 cm³/mol. The van der Waals surface area contributed by atoms with Crippen LogP contribution in [0.5, 0.6) is 0 Å². The van der Waals surface area contributed by atoms with Crippen LogP contribution in [0.15, 0.2) is 0 Å². The second-order valence-electron chi connectivity index (χ2n) is 5.63. The van der Waals surface area contributed by atoms with Crippen molar-refractivity contribution in [1.82, 2.24) is 4.90 Å². The van der Waals surface area contributed by atoms with E-state index in [1.54, 1.807) is 0 Å². The molecule has 4 nitrogen and oxygen atoms in total. The van der Waals surface area contributed by atoms with Crippen LogP contribution in [-0.4, -0.2) is 35.0 Å². The molecule has 0 bridgehead atoms. The van der Waals surface area contributed by atoms with Crippen LogP contribution in [-0.2, 0) is 9.59 Å². The van der Waals surface area contributed by atoms with Crippen molar-refractivity contribution in [1.29, 1.82) is 0 Å². The lowest BCUT2D eigenvalue weighted by molar-refractivity contribution is -0.145. The number of hydrogen-bond acceptors (Lipinski definition) is 2. The lowest BCUT2D eigenvalue weighted by atomic mass is 10.2. The Hall–Kier alpha value is -1.06. The number of amides is 1. The SMILES string of the molecule is CC(C)CN(CC(=O)O)C(=O)C1CC12CC2. The molecular weight excluding hydrogens is 206 g/mol. The first-order chi connectivity index (χ1) is 7.44. The Morgan fingerprint density at radius 3 is 2.44 bits per heavy atom. The number of aliphatic carboxylic acids is 1. The molecule has 2 aliphatic rings. The van der Waals surface area contributed by atoms with Crippen LogP contribution in [0.2, 0.25) is 0 Å². The van der Waals surface area contributed by atoms with Gasteiger partial charge in [0.2, 0.25) is 5.91 Å². The average molecular weight is 225 g/mol. The molecule has 0 heterocycles. The van der Waals surface area contributed by atoms with E-state index in [0.29, 0.717) is 17.9 Å². The zero-order valence-electron chi connectivity index (χ0n) is 9.90. The number of nitrogens with zero attached hydrogens (tertiary/aromatic N) is 1. The van der Waals surface area contributed by atoms with Crippen molar-refractivity contribution in [3.05, 3.63) is 0 Å². The molecule has 1 spiro atoms. The summed E-state index contributed by atoms with van der Waals surface area (Å²) in [5.41, 5.74) is 0.310. The van der Waals surface area contributed by atoms with Crippen LogP contribution in [0, 0.1) is 17.3 Å². The van der Waals surface area contributed by atoms with Crippen LogP contribution in [0.1, 0.15) is 33.1 Å². The van der Waals surface area contributed by atoms with E-state index >= 15 is 0 Å². The van der Waals surface area contributed by atoms with Crippen molar-refractivity contribution in [3.63, 3.8) is 0 Å². The number of rotatable bonds is 5. The van der Waals surface area contributed by atoms with Gasteiger partial charge in [-0.05, 0) is 30.6 Å². The van der Waals surface area contributed by atoms with E-state index in [1.807, 2.05) is 13.8 Å². The van der Waals surface area contributed by atoms with E-state index in [4.69, 9.17) is 5.11 Å². The zero-order chi connectivity index (χ0) is 11.9. The van der Waals surface area contributed by atoms with Gasteiger partial charge < -0.3 is 10.0 Å². The van der Waals surface area contributed by atoms with Crippen LogP contribution in [0.4, 0.5) is 0 Å². The van der Waals surface area contributed by atoms with Gasteiger partial charge in [-0.15, -0.1) is 0 Å². The standard InChI is InChI=1S/C12H19NO3/c1-8(2)6-13(7-10(14)15)11(16)9-5-12(9)3-4-12/h8-9H,3-7H2,1-2H3,(H,14,15).